The summed E-state index contributed by atoms with van der Waals surface area (Å²) in [6.45, 7) is -0.557. The second kappa shape index (κ2) is 6.14. The van der Waals surface area contributed by atoms with Crippen LogP contribution in [-0.4, -0.2) is 30.5 Å². The number of rotatable bonds is 5. The molecule has 3 nitrogen and oxygen atoms in total. The Bertz CT molecular complexity index is 300. The van der Waals surface area contributed by atoms with Crippen LogP contribution in [0.3, 0.4) is 0 Å². The summed E-state index contributed by atoms with van der Waals surface area (Å²) in [5.74, 6) is -0.472. The Labute approximate surface area is 87.5 Å². The van der Waals surface area contributed by atoms with Gasteiger partial charge in [0.25, 0.3) is 0 Å². The molecule has 0 saturated heterocycles. The molecular formula is C11H13FO3. The lowest BCUT2D eigenvalue weighted by Gasteiger charge is -2.06. The molecule has 0 bridgehead atoms. The van der Waals surface area contributed by atoms with Gasteiger partial charge in [-0.2, -0.15) is 0 Å². The van der Waals surface area contributed by atoms with Crippen LogP contribution in [0.4, 0.5) is 4.39 Å². The Hall–Kier alpha value is -1.42. The standard InChI is InChI=1S/C11H13FO3/c12-10(8-13)6-7-15-11(14)9-4-2-1-3-5-9/h1-5,10,13H,6-8H2/t10-/m1/s1. The van der Waals surface area contributed by atoms with Gasteiger partial charge in [-0.25, -0.2) is 9.18 Å². The SMILES string of the molecule is O=C(OCC[C@@H](F)CO)c1ccccc1. The zero-order valence-electron chi connectivity index (χ0n) is 8.23. The molecule has 0 saturated carbocycles. The number of aliphatic hydroxyl groups excluding tert-OH is 1. The van der Waals surface area contributed by atoms with Crippen molar-refractivity contribution in [3.63, 3.8) is 0 Å². The molecule has 4 heteroatoms. The molecule has 1 aromatic rings. The Morgan fingerprint density at radius 3 is 2.67 bits per heavy atom. The first-order valence-electron chi connectivity index (χ1n) is 4.71. The van der Waals surface area contributed by atoms with Crippen molar-refractivity contribution in [2.24, 2.45) is 0 Å². The summed E-state index contributed by atoms with van der Waals surface area (Å²) in [4.78, 5) is 11.3. The lowest BCUT2D eigenvalue weighted by Crippen LogP contribution is -2.13. The molecular weight excluding hydrogens is 199 g/mol. The maximum absolute atomic E-state index is 12.5. The van der Waals surface area contributed by atoms with E-state index in [0.717, 1.165) is 0 Å². The highest BCUT2D eigenvalue weighted by molar-refractivity contribution is 5.89. The molecule has 0 aliphatic carbocycles. The number of hydrogen-bond acceptors (Lipinski definition) is 3. The first kappa shape index (κ1) is 11.7. The monoisotopic (exact) mass is 212 g/mol. The number of hydrogen-bond donors (Lipinski definition) is 1. The molecule has 0 amide bonds. The van der Waals surface area contributed by atoms with Crippen molar-refractivity contribution in [2.45, 2.75) is 12.6 Å². The fourth-order valence-corrected chi connectivity index (χ4v) is 1.03. The van der Waals surface area contributed by atoms with Crippen molar-refractivity contribution < 1.29 is 19.0 Å². The smallest absolute Gasteiger partial charge is 0.338 e. The number of esters is 1. The zero-order chi connectivity index (χ0) is 11.1. The highest BCUT2D eigenvalue weighted by Gasteiger charge is 2.08. The average molecular weight is 212 g/mol. The van der Waals surface area contributed by atoms with Crippen molar-refractivity contribution in [3.8, 4) is 0 Å². The van der Waals surface area contributed by atoms with Crippen LogP contribution in [0.25, 0.3) is 0 Å². The van der Waals surface area contributed by atoms with Gasteiger partial charge in [-0.1, -0.05) is 18.2 Å². The van der Waals surface area contributed by atoms with Gasteiger partial charge in [0.1, 0.15) is 6.17 Å². The van der Waals surface area contributed by atoms with Crippen LogP contribution in [0.15, 0.2) is 30.3 Å². The Morgan fingerprint density at radius 2 is 2.07 bits per heavy atom. The largest absolute Gasteiger partial charge is 0.462 e. The summed E-state index contributed by atoms with van der Waals surface area (Å²) >= 11 is 0. The number of carbonyl (C=O) groups is 1. The first-order chi connectivity index (χ1) is 7.24. The van der Waals surface area contributed by atoms with Gasteiger partial charge in [0, 0.05) is 6.42 Å². The number of halogens is 1. The predicted octanol–water partition coefficient (Wildman–Crippen LogP) is 1.56. The maximum atomic E-state index is 12.5. The lowest BCUT2D eigenvalue weighted by atomic mass is 10.2. The van der Waals surface area contributed by atoms with Crippen LogP contribution < -0.4 is 0 Å². The van der Waals surface area contributed by atoms with Crippen LogP contribution in [0.1, 0.15) is 16.8 Å². The van der Waals surface area contributed by atoms with Crippen molar-refractivity contribution in [1.82, 2.24) is 0 Å². The third-order valence-electron chi connectivity index (χ3n) is 1.87. The van der Waals surface area contributed by atoms with E-state index in [9.17, 15) is 9.18 Å². The maximum Gasteiger partial charge on any atom is 0.338 e. The molecule has 15 heavy (non-hydrogen) atoms. The fourth-order valence-electron chi connectivity index (χ4n) is 1.03. The summed E-state index contributed by atoms with van der Waals surface area (Å²) in [5, 5.41) is 8.40. The molecule has 1 aromatic carbocycles. The number of ether oxygens (including phenoxy) is 1. The van der Waals surface area contributed by atoms with Crippen LogP contribution >= 0.6 is 0 Å². The van der Waals surface area contributed by atoms with Gasteiger partial charge in [-0.3, -0.25) is 0 Å². The molecule has 1 rings (SSSR count). The van der Waals surface area contributed by atoms with Gasteiger partial charge in [-0.05, 0) is 12.1 Å². The molecule has 0 spiro atoms. The first-order valence-corrected chi connectivity index (χ1v) is 4.71. The minimum atomic E-state index is -1.33. The van der Waals surface area contributed by atoms with Gasteiger partial charge in [0.05, 0.1) is 18.8 Å². The third-order valence-corrected chi connectivity index (χ3v) is 1.87. The highest BCUT2D eigenvalue weighted by Crippen LogP contribution is 2.03. The molecule has 0 aliphatic rings. The van der Waals surface area contributed by atoms with E-state index in [4.69, 9.17) is 9.84 Å². The molecule has 0 aromatic heterocycles. The molecule has 0 heterocycles. The van der Waals surface area contributed by atoms with Gasteiger partial charge in [-0.15, -0.1) is 0 Å². The molecule has 0 unspecified atom stereocenters. The van der Waals surface area contributed by atoms with E-state index in [0.29, 0.717) is 5.56 Å². The average Bonchev–Trinajstić information content (AvgIpc) is 2.29. The molecule has 1 N–H and O–H groups in total. The Morgan fingerprint density at radius 1 is 1.40 bits per heavy atom. The minimum absolute atomic E-state index is 0.0184. The van der Waals surface area contributed by atoms with E-state index >= 15 is 0 Å². The summed E-state index contributed by atoms with van der Waals surface area (Å²) < 4.78 is 17.4. The Balaban J connectivity index is 2.31. The normalized spacial score (nSPS) is 12.1. The van der Waals surface area contributed by atoms with E-state index in [-0.39, 0.29) is 13.0 Å². The highest BCUT2D eigenvalue weighted by atomic mass is 19.1. The van der Waals surface area contributed by atoms with Gasteiger partial charge < -0.3 is 9.84 Å². The predicted molar refractivity (Wildman–Crippen MR) is 53.3 cm³/mol. The Kier molecular flexibility index (Phi) is 4.77. The summed E-state index contributed by atoms with van der Waals surface area (Å²) in [6.07, 6.45) is -1.30. The second-order valence-electron chi connectivity index (χ2n) is 3.07. The van der Waals surface area contributed by atoms with E-state index in [1.807, 2.05) is 0 Å². The van der Waals surface area contributed by atoms with Crippen molar-refractivity contribution in [1.29, 1.82) is 0 Å². The van der Waals surface area contributed by atoms with E-state index in [1.165, 1.54) is 0 Å². The molecule has 0 radical (unpaired) electrons. The number of aliphatic hydroxyl groups is 1. The van der Waals surface area contributed by atoms with Crippen LogP contribution in [0, 0.1) is 0 Å². The molecule has 1 atom stereocenters. The van der Waals surface area contributed by atoms with Crippen LogP contribution in [0.5, 0.6) is 0 Å². The molecule has 82 valence electrons. The molecule has 0 fully saturated rings. The van der Waals surface area contributed by atoms with E-state index in [2.05, 4.69) is 0 Å². The fraction of sp³-hybridized carbons (Fsp3) is 0.364. The second-order valence-corrected chi connectivity index (χ2v) is 3.07. The summed E-state index contributed by atoms with van der Waals surface area (Å²) in [7, 11) is 0. The van der Waals surface area contributed by atoms with Crippen molar-refractivity contribution in [3.05, 3.63) is 35.9 Å². The van der Waals surface area contributed by atoms with Crippen LogP contribution in [0.2, 0.25) is 0 Å². The summed E-state index contributed by atoms with van der Waals surface area (Å²) in [5.41, 5.74) is 0.442. The van der Waals surface area contributed by atoms with Gasteiger partial charge >= 0.3 is 5.97 Å². The summed E-state index contributed by atoms with van der Waals surface area (Å²) in [6, 6.07) is 8.49. The van der Waals surface area contributed by atoms with E-state index in [1.54, 1.807) is 30.3 Å². The number of benzene rings is 1. The van der Waals surface area contributed by atoms with E-state index < -0.39 is 18.7 Å². The van der Waals surface area contributed by atoms with Crippen LogP contribution in [-0.2, 0) is 4.74 Å². The minimum Gasteiger partial charge on any atom is -0.462 e. The quantitative estimate of drug-likeness (QED) is 0.753. The van der Waals surface area contributed by atoms with Crippen molar-refractivity contribution >= 4 is 5.97 Å². The van der Waals surface area contributed by atoms with Gasteiger partial charge in [0.2, 0.25) is 0 Å². The number of carbonyl (C=O) groups excluding carboxylic acids is 1. The van der Waals surface area contributed by atoms with Gasteiger partial charge in [0.15, 0.2) is 0 Å². The topological polar surface area (TPSA) is 46.5 Å². The zero-order valence-corrected chi connectivity index (χ0v) is 8.23. The lowest BCUT2D eigenvalue weighted by molar-refractivity contribution is 0.0449. The number of alkyl halides is 1. The van der Waals surface area contributed by atoms with Crippen molar-refractivity contribution in [2.75, 3.05) is 13.2 Å². The molecule has 0 aliphatic heterocycles. The third kappa shape index (κ3) is 4.08.